The third-order valence-electron chi connectivity index (χ3n) is 2.32. The lowest BCUT2D eigenvalue weighted by atomic mass is 10.1. The van der Waals surface area contributed by atoms with Crippen molar-refractivity contribution in [3.8, 4) is 17.3 Å². The summed E-state index contributed by atoms with van der Waals surface area (Å²) < 4.78 is 0.608. The smallest absolute Gasteiger partial charge is 0.266 e. The zero-order valence-electron chi connectivity index (χ0n) is 8.80. The second kappa shape index (κ2) is 5.15. The van der Waals surface area contributed by atoms with E-state index in [0.29, 0.717) is 25.8 Å². The molecule has 0 fully saturated rings. The first-order valence-corrected chi connectivity index (χ1v) is 6.36. The summed E-state index contributed by atoms with van der Waals surface area (Å²) in [5.41, 5.74) is 0.864. The van der Waals surface area contributed by atoms with Gasteiger partial charge < -0.3 is 4.98 Å². The van der Waals surface area contributed by atoms with Gasteiger partial charge in [0.15, 0.2) is 0 Å². The van der Waals surface area contributed by atoms with Gasteiger partial charge in [-0.25, -0.2) is 0 Å². The van der Waals surface area contributed by atoms with E-state index in [1.807, 2.05) is 6.07 Å². The van der Waals surface area contributed by atoms with Gasteiger partial charge in [0.1, 0.15) is 11.6 Å². The zero-order chi connectivity index (χ0) is 13.3. The molecule has 0 unspecified atom stereocenters. The van der Waals surface area contributed by atoms with Crippen LogP contribution in [0.2, 0.25) is 10.0 Å². The highest BCUT2D eigenvalue weighted by atomic mass is 79.9. The molecule has 1 N–H and O–H groups in total. The Morgan fingerprint density at radius 3 is 2.56 bits per heavy atom. The van der Waals surface area contributed by atoms with Crippen molar-refractivity contribution in [3.05, 3.63) is 54.7 Å². The molecule has 2 aromatic rings. The van der Waals surface area contributed by atoms with Crippen LogP contribution in [0, 0.1) is 11.3 Å². The number of hydrogen-bond donors (Lipinski definition) is 1. The maximum Gasteiger partial charge on any atom is 0.266 e. The molecule has 2 rings (SSSR count). The van der Waals surface area contributed by atoms with Gasteiger partial charge in [-0.05, 0) is 34.1 Å². The van der Waals surface area contributed by atoms with Crippen LogP contribution in [0.4, 0.5) is 0 Å². The third kappa shape index (κ3) is 2.44. The van der Waals surface area contributed by atoms with Crippen molar-refractivity contribution in [2.75, 3.05) is 0 Å². The van der Waals surface area contributed by atoms with Crippen LogP contribution in [0.3, 0.4) is 0 Å². The van der Waals surface area contributed by atoms with Gasteiger partial charge in [-0.15, -0.1) is 0 Å². The van der Waals surface area contributed by atoms with E-state index < -0.39 is 5.56 Å². The second-order valence-corrected chi connectivity index (χ2v) is 5.14. The minimum atomic E-state index is -0.443. The molecule has 0 aliphatic rings. The van der Waals surface area contributed by atoms with E-state index in [2.05, 4.69) is 20.9 Å². The number of H-pyrrole nitrogens is 1. The molecule has 0 spiro atoms. The lowest BCUT2D eigenvalue weighted by Crippen LogP contribution is -2.11. The van der Waals surface area contributed by atoms with Crippen molar-refractivity contribution >= 4 is 39.1 Å². The minimum Gasteiger partial charge on any atom is -0.320 e. The van der Waals surface area contributed by atoms with Crippen LogP contribution in [0.5, 0.6) is 0 Å². The quantitative estimate of drug-likeness (QED) is 0.851. The Hall–Kier alpha value is -1.28. The molecule has 0 bridgehead atoms. The van der Waals surface area contributed by atoms with E-state index in [9.17, 15) is 4.79 Å². The van der Waals surface area contributed by atoms with Gasteiger partial charge in [0.05, 0.1) is 15.7 Å². The van der Waals surface area contributed by atoms with Crippen molar-refractivity contribution in [2.45, 2.75) is 0 Å². The second-order valence-electron chi connectivity index (χ2n) is 3.48. The molecule has 1 heterocycles. The average molecular weight is 344 g/mol. The van der Waals surface area contributed by atoms with E-state index in [1.54, 1.807) is 18.2 Å². The Bertz CT molecular complexity index is 719. The maximum atomic E-state index is 11.6. The summed E-state index contributed by atoms with van der Waals surface area (Å²) in [6.45, 7) is 0. The first-order valence-electron chi connectivity index (χ1n) is 4.81. The van der Waals surface area contributed by atoms with Crippen LogP contribution in [0.25, 0.3) is 11.3 Å². The van der Waals surface area contributed by atoms with E-state index in [1.165, 1.54) is 6.07 Å². The van der Waals surface area contributed by atoms with E-state index in [4.69, 9.17) is 28.5 Å². The number of benzene rings is 1. The average Bonchev–Trinajstić information content (AvgIpc) is 2.35. The first kappa shape index (κ1) is 13.2. The molecule has 18 heavy (non-hydrogen) atoms. The molecule has 6 heteroatoms. The first-order chi connectivity index (χ1) is 8.52. The van der Waals surface area contributed by atoms with Gasteiger partial charge in [0.2, 0.25) is 0 Å². The van der Waals surface area contributed by atoms with Crippen LogP contribution < -0.4 is 5.56 Å². The molecule has 90 valence electrons. The summed E-state index contributed by atoms with van der Waals surface area (Å²) in [5.74, 6) is 0. The van der Waals surface area contributed by atoms with Crippen molar-refractivity contribution in [1.82, 2.24) is 4.98 Å². The molecular formula is C12H5BrCl2N2O. The fourth-order valence-corrected chi connectivity index (χ4v) is 2.30. The summed E-state index contributed by atoms with van der Waals surface area (Å²) in [5, 5.41) is 9.59. The highest BCUT2D eigenvalue weighted by Crippen LogP contribution is 2.30. The number of rotatable bonds is 1. The van der Waals surface area contributed by atoms with Crippen LogP contribution in [0.1, 0.15) is 5.56 Å². The zero-order valence-corrected chi connectivity index (χ0v) is 11.9. The Kier molecular flexibility index (Phi) is 3.76. The predicted octanol–water partition coefficient (Wildman–Crippen LogP) is 3.98. The normalized spacial score (nSPS) is 10.1. The summed E-state index contributed by atoms with van der Waals surface area (Å²) in [6.07, 6.45) is 0. The van der Waals surface area contributed by atoms with Gasteiger partial charge in [-0.2, -0.15) is 5.26 Å². The van der Waals surface area contributed by atoms with E-state index in [-0.39, 0.29) is 5.56 Å². The molecule has 0 amide bonds. The summed E-state index contributed by atoms with van der Waals surface area (Å²) in [4.78, 5) is 14.2. The van der Waals surface area contributed by atoms with Gasteiger partial charge in [0.25, 0.3) is 5.56 Å². The van der Waals surface area contributed by atoms with E-state index in [0.717, 1.165) is 0 Å². The lowest BCUT2D eigenvalue weighted by molar-refractivity contribution is 1.20. The highest BCUT2D eigenvalue weighted by Gasteiger charge is 2.09. The van der Waals surface area contributed by atoms with Crippen LogP contribution >= 0.6 is 39.1 Å². The Morgan fingerprint density at radius 2 is 1.94 bits per heavy atom. The fourth-order valence-electron chi connectivity index (χ4n) is 1.45. The number of hydrogen-bond acceptors (Lipinski definition) is 2. The van der Waals surface area contributed by atoms with Crippen molar-refractivity contribution in [1.29, 1.82) is 5.26 Å². The molecular weight excluding hydrogens is 339 g/mol. The van der Waals surface area contributed by atoms with Crippen LogP contribution in [-0.4, -0.2) is 4.98 Å². The summed E-state index contributed by atoms with van der Waals surface area (Å²) in [6, 6.07) is 8.30. The number of aromatic amines is 1. The van der Waals surface area contributed by atoms with Gasteiger partial charge in [0, 0.05) is 10.0 Å². The molecule has 0 aliphatic carbocycles. The standard InChI is InChI=1S/C12H5BrCl2N2O/c13-8-3-7(5-16)12(18)17-11(8)6-1-2-9(14)10(15)4-6/h1-4H,(H,17,18). The Balaban J connectivity index is 2.65. The largest absolute Gasteiger partial charge is 0.320 e. The van der Waals surface area contributed by atoms with Gasteiger partial charge >= 0.3 is 0 Å². The van der Waals surface area contributed by atoms with Crippen LogP contribution in [0.15, 0.2) is 33.5 Å². The number of aromatic nitrogens is 1. The molecule has 1 aromatic carbocycles. The van der Waals surface area contributed by atoms with Crippen molar-refractivity contribution in [3.63, 3.8) is 0 Å². The predicted molar refractivity (Wildman–Crippen MR) is 74.9 cm³/mol. The fraction of sp³-hybridized carbons (Fsp3) is 0. The molecule has 0 radical (unpaired) electrons. The molecule has 0 atom stereocenters. The number of nitrogens with zero attached hydrogens (tertiary/aromatic N) is 1. The third-order valence-corrected chi connectivity index (χ3v) is 3.69. The molecule has 0 aliphatic heterocycles. The topological polar surface area (TPSA) is 56.6 Å². The Labute approximate surface area is 121 Å². The monoisotopic (exact) mass is 342 g/mol. The molecule has 3 nitrogen and oxygen atoms in total. The van der Waals surface area contributed by atoms with E-state index >= 15 is 0 Å². The highest BCUT2D eigenvalue weighted by molar-refractivity contribution is 9.10. The number of nitriles is 1. The SMILES string of the molecule is N#Cc1cc(Br)c(-c2ccc(Cl)c(Cl)c2)[nH]c1=O. The minimum absolute atomic E-state index is 0.0469. The lowest BCUT2D eigenvalue weighted by Gasteiger charge is -2.06. The van der Waals surface area contributed by atoms with Gasteiger partial charge in [-0.1, -0.05) is 29.3 Å². The van der Waals surface area contributed by atoms with Crippen molar-refractivity contribution in [2.24, 2.45) is 0 Å². The summed E-state index contributed by atoms with van der Waals surface area (Å²) in [7, 11) is 0. The van der Waals surface area contributed by atoms with Crippen LogP contribution in [-0.2, 0) is 0 Å². The number of halogens is 3. The Morgan fingerprint density at radius 1 is 1.22 bits per heavy atom. The summed E-state index contributed by atoms with van der Waals surface area (Å²) >= 11 is 15.1. The molecule has 0 saturated carbocycles. The van der Waals surface area contributed by atoms with Crippen molar-refractivity contribution < 1.29 is 0 Å². The number of nitrogens with one attached hydrogen (secondary N) is 1. The molecule has 1 aromatic heterocycles. The van der Waals surface area contributed by atoms with Gasteiger partial charge in [-0.3, -0.25) is 4.79 Å². The molecule has 0 saturated heterocycles. The maximum absolute atomic E-state index is 11.6. The number of pyridine rings is 1.